The van der Waals surface area contributed by atoms with Gasteiger partial charge in [-0.05, 0) is 54.9 Å². The van der Waals surface area contributed by atoms with Gasteiger partial charge in [-0.2, -0.15) is 0 Å². The molecule has 1 aliphatic rings. The molecule has 0 spiro atoms. The standard InChI is InChI=1S/C15H16FN3O2S/c1-9(17-15(20)13-8-22-19-18-13)11-4-5-14(12(16)6-11)21-7-10-2-3-10/h4-6,8-10H,2-3,7H2,1H3,(H,17,20)/t9-/m0/s1. The Morgan fingerprint density at radius 3 is 3.00 bits per heavy atom. The van der Waals surface area contributed by atoms with Crippen LogP contribution in [0.5, 0.6) is 5.75 Å². The van der Waals surface area contributed by atoms with Gasteiger partial charge < -0.3 is 10.1 Å². The fraction of sp³-hybridized carbons (Fsp3) is 0.400. The molecule has 3 rings (SSSR count). The summed E-state index contributed by atoms with van der Waals surface area (Å²) < 4.78 is 23.1. The van der Waals surface area contributed by atoms with E-state index in [1.165, 1.54) is 6.07 Å². The molecule has 2 aromatic rings. The Balaban J connectivity index is 1.63. The first-order valence-electron chi connectivity index (χ1n) is 7.13. The highest BCUT2D eigenvalue weighted by atomic mass is 32.1. The lowest BCUT2D eigenvalue weighted by Gasteiger charge is -2.15. The highest BCUT2D eigenvalue weighted by Gasteiger charge is 2.22. The fourth-order valence-electron chi connectivity index (χ4n) is 2.01. The van der Waals surface area contributed by atoms with Crippen LogP contribution in [0.15, 0.2) is 23.6 Å². The van der Waals surface area contributed by atoms with Crippen LogP contribution < -0.4 is 10.1 Å². The monoisotopic (exact) mass is 321 g/mol. The van der Waals surface area contributed by atoms with Crippen molar-refractivity contribution in [1.82, 2.24) is 14.9 Å². The van der Waals surface area contributed by atoms with Crippen LogP contribution in [0.1, 0.15) is 41.9 Å². The lowest BCUT2D eigenvalue weighted by atomic mass is 10.1. The van der Waals surface area contributed by atoms with Gasteiger partial charge in [0, 0.05) is 5.38 Å². The molecule has 0 saturated heterocycles. The second-order valence-electron chi connectivity index (χ2n) is 5.43. The first kappa shape index (κ1) is 14.9. The number of nitrogens with one attached hydrogen (secondary N) is 1. The average molecular weight is 321 g/mol. The average Bonchev–Trinajstić information content (AvgIpc) is 3.16. The number of amides is 1. The molecule has 1 saturated carbocycles. The van der Waals surface area contributed by atoms with E-state index >= 15 is 0 Å². The van der Waals surface area contributed by atoms with E-state index in [1.807, 2.05) is 0 Å². The van der Waals surface area contributed by atoms with E-state index in [0.717, 1.165) is 24.4 Å². The summed E-state index contributed by atoms with van der Waals surface area (Å²) in [5.41, 5.74) is 0.939. The van der Waals surface area contributed by atoms with Crippen LogP contribution in [-0.2, 0) is 0 Å². The van der Waals surface area contributed by atoms with E-state index in [-0.39, 0.29) is 23.4 Å². The van der Waals surface area contributed by atoms with Gasteiger partial charge in [-0.25, -0.2) is 4.39 Å². The number of halogens is 1. The smallest absolute Gasteiger partial charge is 0.273 e. The third-order valence-electron chi connectivity index (χ3n) is 3.57. The van der Waals surface area contributed by atoms with E-state index in [0.29, 0.717) is 18.1 Å². The van der Waals surface area contributed by atoms with Crippen LogP contribution in [0.2, 0.25) is 0 Å². The third kappa shape index (κ3) is 3.59. The number of carbonyl (C=O) groups excluding carboxylic acids is 1. The molecule has 1 N–H and O–H groups in total. The molecule has 1 aliphatic carbocycles. The number of nitrogens with zero attached hydrogens (tertiary/aromatic N) is 2. The highest BCUT2D eigenvalue weighted by molar-refractivity contribution is 7.03. The summed E-state index contributed by atoms with van der Waals surface area (Å²) in [6.45, 7) is 2.36. The van der Waals surface area contributed by atoms with E-state index in [2.05, 4.69) is 14.9 Å². The SMILES string of the molecule is C[C@H](NC(=O)c1csnn1)c1ccc(OCC2CC2)c(F)c1. The first-order chi connectivity index (χ1) is 10.6. The molecule has 1 atom stereocenters. The van der Waals surface area contributed by atoms with Gasteiger partial charge in [0.05, 0.1) is 12.6 Å². The minimum Gasteiger partial charge on any atom is -0.490 e. The van der Waals surface area contributed by atoms with Crippen molar-refractivity contribution in [2.75, 3.05) is 6.61 Å². The number of rotatable bonds is 6. The van der Waals surface area contributed by atoms with Crippen LogP contribution in [-0.4, -0.2) is 22.1 Å². The Kier molecular flexibility index (Phi) is 4.33. The zero-order valence-electron chi connectivity index (χ0n) is 12.1. The van der Waals surface area contributed by atoms with Crippen molar-refractivity contribution in [1.29, 1.82) is 0 Å². The molecule has 7 heteroatoms. The predicted octanol–water partition coefficient (Wildman–Crippen LogP) is 2.96. The molecule has 0 aliphatic heterocycles. The molecule has 1 aromatic carbocycles. The van der Waals surface area contributed by atoms with Gasteiger partial charge >= 0.3 is 0 Å². The van der Waals surface area contributed by atoms with Crippen molar-refractivity contribution < 1.29 is 13.9 Å². The quantitative estimate of drug-likeness (QED) is 0.888. The molecule has 0 unspecified atom stereocenters. The van der Waals surface area contributed by atoms with Crippen LogP contribution in [0.4, 0.5) is 4.39 Å². The zero-order chi connectivity index (χ0) is 15.5. The second-order valence-corrected chi connectivity index (χ2v) is 6.04. The summed E-state index contributed by atoms with van der Waals surface area (Å²) in [5, 5.41) is 8.03. The first-order valence-corrected chi connectivity index (χ1v) is 7.97. The van der Waals surface area contributed by atoms with Gasteiger partial charge in [-0.15, -0.1) is 5.10 Å². The lowest BCUT2D eigenvalue weighted by Crippen LogP contribution is -2.27. The van der Waals surface area contributed by atoms with Gasteiger partial charge in [0.25, 0.3) is 5.91 Å². The van der Waals surface area contributed by atoms with Gasteiger partial charge in [0.15, 0.2) is 17.3 Å². The number of hydrogen-bond acceptors (Lipinski definition) is 5. The van der Waals surface area contributed by atoms with E-state index in [4.69, 9.17) is 4.74 Å². The number of hydrogen-bond donors (Lipinski definition) is 1. The summed E-state index contributed by atoms with van der Waals surface area (Å²) >= 11 is 1.11. The van der Waals surface area contributed by atoms with Crippen molar-refractivity contribution in [3.8, 4) is 5.75 Å². The minimum absolute atomic E-state index is 0.262. The number of aromatic nitrogens is 2. The summed E-state index contributed by atoms with van der Waals surface area (Å²) in [6.07, 6.45) is 2.32. The topological polar surface area (TPSA) is 64.1 Å². The highest BCUT2D eigenvalue weighted by Crippen LogP contribution is 2.30. The van der Waals surface area contributed by atoms with Crippen molar-refractivity contribution in [2.24, 2.45) is 5.92 Å². The molecule has 1 amide bonds. The van der Waals surface area contributed by atoms with Crippen LogP contribution in [0, 0.1) is 11.7 Å². The molecular formula is C15H16FN3O2S. The van der Waals surface area contributed by atoms with Crippen molar-refractivity contribution in [2.45, 2.75) is 25.8 Å². The van der Waals surface area contributed by atoms with Crippen LogP contribution in [0.25, 0.3) is 0 Å². The molecule has 1 aromatic heterocycles. The maximum absolute atomic E-state index is 14.0. The zero-order valence-corrected chi connectivity index (χ0v) is 12.9. The Morgan fingerprint density at radius 1 is 1.55 bits per heavy atom. The molecule has 22 heavy (non-hydrogen) atoms. The molecular weight excluding hydrogens is 305 g/mol. The lowest BCUT2D eigenvalue weighted by molar-refractivity contribution is 0.0934. The number of ether oxygens (including phenoxy) is 1. The van der Waals surface area contributed by atoms with E-state index in [1.54, 1.807) is 24.4 Å². The molecule has 1 fully saturated rings. The minimum atomic E-state index is -0.408. The summed E-state index contributed by atoms with van der Waals surface area (Å²) in [5.74, 6) is 0.104. The van der Waals surface area contributed by atoms with Crippen molar-refractivity contribution >= 4 is 17.4 Å². The molecule has 116 valence electrons. The molecule has 0 bridgehead atoms. The van der Waals surface area contributed by atoms with Gasteiger partial charge in [0.2, 0.25) is 0 Å². The van der Waals surface area contributed by atoms with Crippen LogP contribution in [0.3, 0.4) is 0 Å². The summed E-state index contributed by atoms with van der Waals surface area (Å²) in [4.78, 5) is 11.9. The summed E-state index contributed by atoms with van der Waals surface area (Å²) in [7, 11) is 0. The Hall–Kier alpha value is -2.02. The second kappa shape index (κ2) is 6.39. The largest absolute Gasteiger partial charge is 0.490 e. The maximum atomic E-state index is 14.0. The summed E-state index contributed by atoms with van der Waals surface area (Å²) in [6, 6.07) is 4.43. The maximum Gasteiger partial charge on any atom is 0.273 e. The Morgan fingerprint density at radius 2 is 2.36 bits per heavy atom. The van der Waals surface area contributed by atoms with Gasteiger partial charge in [0.1, 0.15) is 0 Å². The van der Waals surface area contributed by atoms with Crippen molar-refractivity contribution in [3.63, 3.8) is 0 Å². The third-order valence-corrected chi connectivity index (χ3v) is 4.07. The Labute approximate surface area is 131 Å². The van der Waals surface area contributed by atoms with Gasteiger partial charge in [-0.1, -0.05) is 10.6 Å². The normalized spacial score (nSPS) is 15.4. The van der Waals surface area contributed by atoms with E-state index in [9.17, 15) is 9.18 Å². The molecule has 1 heterocycles. The number of carbonyl (C=O) groups is 1. The fourth-order valence-corrected chi connectivity index (χ4v) is 2.45. The predicted molar refractivity (Wildman–Crippen MR) is 80.4 cm³/mol. The molecule has 0 radical (unpaired) electrons. The van der Waals surface area contributed by atoms with Gasteiger partial charge in [-0.3, -0.25) is 4.79 Å². The number of benzene rings is 1. The molecule has 5 nitrogen and oxygen atoms in total. The van der Waals surface area contributed by atoms with Crippen LogP contribution >= 0.6 is 11.5 Å². The van der Waals surface area contributed by atoms with E-state index < -0.39 is 5.82 Å². The van der Waals surface area contributed by atoms with Crippen molar-refractivity contribution in [3.05, 3.63) is 40.7 Å². The Bertz CT molecular complexity index is 659.